The first-order valence-electron chi connectivity index (χ1n) is 12.2. The summed E-state index contributed by atoms with van der Waals surface area (Å²) in [7, 11) is 0. The predicted octanol–water partition coefficient (Wildman–Crippen LogP) is 5.15. The van der Waals surface area contributed by atoms with E-state index in [2.05, 4.69) is 22.5 Å². The second kappa shape index (κ2) is 8.75. The molecule has 2 aromatic heterocycles. The molecule has 0 N–H and O–H groups in total. The Kier molecular flexibility index (Phi) is 5.50. The minimum atomic E-state index is -0.0334. The number of aromatic nitrogens is 3. The van der Waals surface area contributed by atoms with Crippen LogP contribution in [-0.2, 0) is 4.79 Å². The highest BCUT2D eigenvalue weighted by Crippen LogP contribution is 2.45. The van der Waals surface area contributed by atoms with E-state index in [1.165, 1.54) is 6.08 Å². The number of pyridine rings is 1. The lowest BCUT2D eigenvalue weighted by atomic mass is 9.79. The summed E-state index contributed by atoms with van der Waals surface area (Å²) in [5.41, 5.74) is 3.87. The van der Waals surface area contributed by atoms with Gasteiger partial charge in [0.05, 0.1) is 5.52 Å². The van der Waals surface area contributed by atoms with E-state index in [0.717, 1.165) is 53.1 Å². The molecule has 0 radical (unpaired) electrons. The lowest BCUT2D eigenvalue weighted by Crippen LogP contribution is -2.59. The molecule has 2 aliphatic rings. The van der Waals surface area contributed by atoms with Gasteiger partial charge in [-0.15, -0.1) is 0 Å². The number of aryl methyl sites for hydroxylation is 1. The smallest absolute Gasteiger partial charge is 0.245 e. The number of likely N-dealkylation sites (tertiary alicyclic amines) is 1. The number of carbonyl (C=O) groups is 1. The normalized spacial score (nSPS) is 16.1. The van der Waals surface area contributed by atoms with E-state index in [9.17, 15) is 10.1 Å². The van der Waals surface area contributed by atoms with Gasteiger partial charge in [-0.1, -0.05) is 42.4 Å². The maximum absolute atomic E-state index is 12.0. The van der Waals surface area contributed by atoms with Gasteiger partial charge in [-0.25, -0.2) is 9.97 Å². The highest BCUT2D eigenvalue weighted by molar-refractivity contribution is 6.34. The summed E-state index contributed by atoms with van der Waals surface area (Å²) >= 11 is 6.67. The second-order valence-electron chi connectivity index (χ2n) is 9.89. The fourth-order valence-corrected chi connectivity index (χ4v) is 5.97. The fraction of sp³-hybridized carbons (Fsp3) is 0.241. The van der Waals surface area contributed by atoms with Crippen molar-refractivity contribution >= 4 is 34.2 Å². The van der Waals surface area contributed by atoms with Crippen LogP contribution in [-0.4, -0.2) is 51.5 Å². The van der Waals surface area contributed by atoms with Crippen molar-refractivity contribution in [3.8, 4) is 22.9 Å². The first-order chi connectivity index (χ1) is 17.9. The highest BCUT2D eigenvalue weighted by atomic mass is 35.5. The molecular formula is C29H25ClN6O. The first kappa shape index (κ1) is 23.3. The van der Waals surface area contributed by atoms with Gasteiger partial charge >= 0.3 is 0 Å². The van der Waals surface area contributed by atoms with Gasteiger partial charge in [0.25, 0.3) is 0 Å². The molecule has 2 saturated heterocycles. The van der Waals surface area contributed by atoms with Crippen LogP contribution in [0.2, 0.25) is 5.02 Å². The number of amides is 1. The number of hydrogen-bond donors (Lipinski definition) is 0. The number of imidazole rings is 1. The number of fused-ring (bicyclic) bond motifs is 1. The predicted molar refractivity (Wildman–Crippen MR) is 145 cm³/mol. The van der Waals surface area contributed by atoms with Crippen LogP contribution in [0.25, 0.3) is 27.7 Å². The molecule has 4 heterocycles. The molecule has 0 unspecified atom stereocenters. The maximum atomic E-state index is 12.0. The van der Waals surface area contributed by atoms with Crippen LogP contribution in [0.4, 0.5) is 5.82 Å². The fourth-order valence-electron chi connectivity index (χ4n) is 5.74. The van der Waals surface area contributed by atoms with Crippen molar-refractivity contribution in [3.05, 3.63) is 83.9 Å². The number of benzene rings is 2. The monoisotopic (exact) mass is 508 g/mol. The number of nitriles is 1. The van der Waals surface area contributed by atoms with Crippen LogP contribution in [0, 0.1) is 23.7 Å². The third kappa shape index (κ3) is 3.76. The van der Waals surface area contributed by atoms with Gasteiger partial charge < -0.3 is 14.4 Å². The number of anilines is 1. The van der Waals surface area contributed by atoms with E-state index in [1.54, 1.807) is 6.20 Å². The van der Waals surface area contributed by atoms with Crippen LogP contribution < -0.4 is 4.90 Å². The van der Waals surface area contributed by atoms with Gasteiger partial charge in [0.2, 0.25) is 5.91 Å². The molecular weight excluding hydrogens is 484 g/mol. The molecule has 1 amide bonds. The van der Waals surface area contributed by atoms with E-state index in [-0.39, 0.29) is 11.3 Å². The number of halogens is 1. The van der Waals surface area contributed by atoms with Crippen molar-refractivity contribution in [1.29, 1.82) is 5.26 Å². The number of rotatable bonds is 4. The average Bonchev–Trinajstić information content (AvgIpc) is 3.53. The lowest BCUT2D eigenvalue weighted by molar-refractivity contribution is -0.136. The molecule has 2 fully saturated rings. The summed E-state index contributed by atoms with van der Waals surface area (Å²) in [6.45, 7) is 8.47. The Bertz CT molecular complexity index is 1610. The number of nitrogens with zero attached hydrogens (tertiary/aromatic N) is 6. The SMILES string of the molecule is C=CC(=O)N1CC2(CCN(c3nc4cc(-n5ccnc5C)ccc4c(-c4ccccc4Cl)c3C#N)C2)C1. The van der Waals surface area contributed by atoms with Crippen LogP contribution in [0.15, 0.2) is 67.5 Å². The zero-order valence-corrected chi connectivity index (χ0v) is 21.2. The molecule has 0 aliphatic carbocycles. The van der Waals surface area contributed by atoms with Gasteiger partial charge in [0, 0.05) is 71.2 Å². The highest BCUT2D eigenvalue weighted by Gasteiger charge is 2.49. The largest absolute Gasteiger partial charge is 0.355 e. The summed E-state index contributed by atoms with van der Waals surface area (Å²) in [5, 5.41) is 11.9. The second-order valence-corrected chi connectivity index (χ2v) is 10.3. The third-order valence-corrected chi connectivity index (χ3v) is 7.92. The molecule has 0 saturated carbocycles. The average molecular weight is 509 g/mol. The number of hydrogen-bond acceptors (Lipinski definition) is 5. The van der Waals surface area contributed by atoms with E-state index in [4.69, 9.17) is 16.6 Å². The minimum Gasteiger partial charge on any atom is -0.355 e. The van der Waals surface area contributed by atoms with E-state index in [0.29, 0.717) is 29.5 Å². The summed E-state index contributed by atoms with van der Waals surface area (Å²) in [4.78, 5) is 25.5. The van der Waals surface area contributed by atoms with Crippen molar-refractivity contribution in [3.63, 3.8) is 0 Å². The Morgan fingerprint density at radius 2 is 2.03 bits per heavy atom. The topological polar surface area (TPSA) is 78.1 Å². The zero-order valence-electron chi connectivity index (χ0n) is 20.5. The van der Waals surface area contributed by atoms with E-state index < -0.39 is 0 Å². The van der Waals surface area contributed by atoms with Crippen LogP contribution >= 0.6 is 11.6 Å². The number of carbonyl (C=O) groups excluding carboxylic acids is 1. The molecule has 1 spiro atoms. The van der Waals surface area contributed by atoms with Crippen LogP contribution in [0.5, 0.6) is 0 Å². The summed E-state index contributed by atoms with van der Waals surface area (Å²) in [6.07, 6.45) is 6.00. The van der Waals surface area contributed by atoms with Gasteiger partial charge in [0.1, 0.15) is 23.3 Å². The standard InChI is InChI=1S/C29H25ClN6O/c1-3-26(37)35-17-29(18-35)10-12-34(16-29)28-23(15-31)27(21-6-4-5-7-24(21)30)22-9-8-20(14-25(22)33-28)36-13-11-32-19(36)2/h3-9,11,13-14H,1,10,12,16-18H2,2H3. The quantitative estimate of drug-likeness (QED) is 0.356. The Morgan fingerprint density at radius 3 is 2.73 bits per heavy atom. The molecule has 37 heavy (non-hydrogen) atoms. The summed E-state index contributed by atoms with van der Waals surface area (Å²) < 4.78 is 2.01. The van der Waals surface area contributed by atoms with Crippen molar-refractivity contribution in [2.24, 2.45) is 5.41 Å². The van der Waals surface area contributed by atoms with Gasteiger partial charge in [-0.05, 0) is 37.6 Å². The summed E-state index contributed by atoms with van der Waals surface area (Å²) in [5.74, 6) is 1.51. The van der Waals surface area contributed by atoms with Gasteiger partial charge in [0.15, 0.2) is 0 Å². The Hall–Kier alpha value is -4.15. The van der Waals surface area contributed by atoms with Crippen molar-refractivity contribution in [2.75, 3.05) is 31.1 Å². The molecule has 184 valence electrons. The molecule has 2 aromatic carbocycles. The first-order valence-corrected chi connectivity index (χ1v) is 12.6. The Morgan fingerprint density at radius 1 is 1.22 bits per heavy atom. The molecule has 8 heteroatoms. The minimum absolute atomic E-state index is 0.0162. The van der Waals surface area contributed by atoms with Crippen molar-refractivity contribution in [2.45, 2.75) is 13.3 Å². The Labute approximate surface area is 220 Å². The summed E-state index contributed by atoms with van der Waals surface area (Å²) in [6, 6.07) is 16.1. The van der Waals surface area contributed by atoms with E-state index in [1.807, 2.05) is 65.1 Å². The maximum Gasteiger partial charge on any atom is 0.245 e. The molecule has 0 atom stereocenters. The Balaban J connectivity index is 1.50. The van der Waals surface area contributed by atoms with Crippen molar-refractivity contribution in [1.82, 2.24) is 19.4 Å². The molecule has 7 nitrogen and oxygen atoms in total. The van der Waals surface area contributed by atoms with Crippen LogP contribution in [0.3, 0.4) is 0 Å². The lowest BCUT2D eigenvalue weighted by Gasteiger charge is -2.47. The van der Waals surface area contributed by atoms with Gasteiger partial charge in [-0.2, -0.15) is 5.26 Å². The van der Waals surface area contributed by atoms with Crippen LogP contribution in [0.1, 0.15) is 17.8 Å². The molecule has 2 aliphatic heterocycles. The molecule has 0 bridgehead atoms. The molecule has 6 rings (SSSR count). The van der Waals surface area contributed by atoms with Crippen molar-refractivity contribution < 1.29 is 4.79 Å². The third-order valence-electron chi connectivity index (χ3n) is 7.59. The van der Waals surface area contributed by atoms with Gasteiger partial charge in [-0.3, -0.25) is 4.79 Å². The van der Waals surface area contributed by atoms with E-state index >= 15 is 0 Å². The zero-order chi connectivity index (χ0) is 25.7. The molecule has 4 aromatic rings.